The lowest BCUT2D eigenvalue weighted by Crippen LogP contribution is -2.37. The van der Waals surface area contributed by atoms with Gasteiger partial charge in [0.15, 0.2) is 0 Å². The molecule has 2 N–H and O–H groups in total. The van der Waals surface area contributed by atoms with Crippen LogP contribution in [0.15, 0.2) is 17.0 Å². The number of primary sulfonamides is 1. The molecule has 1 rings (SSSR count). The first-order valence-corrected chi connectivity index (χ1v) is 8.59. The molecule has 1 aromatic carbocycles. The molecule has 0 atom stereocenters. The summed E-state index contributed by atoms with van der Waals surface area (Å²) < 4.78 is 23.3. The summed E-state index contributed by atoms with van der Waals surface area (Å²) in [6.07, 6.45) is 0.844. The van der Waals surface area contributed by atoms with Gasteiger partial charge in [-0.05, 0) is 57.4 Å². The lowest BCUT2D eigenvalue weighted by molar-refractivity contribution is 0.0705. The predicted octanol–water partition coefficient (Wildman–Crippen LogP) is 2.21. The van der Waals surface area contributed by atoms with Crippen molar-refractivity contribution in [2.75, 3.05) is 6.54 Å². The maximum Gasteiger partial charge on any atom is 0.254 e. The van der Waals surface area contributed by atoms with Crippen LogP contribution in [0.5, 0.6) is 0 Å². The molecule has 0 spiro atoms. The molecule has 0 aliphatic heterocycles. The highest BCUT2D eigenvalue weighted by Crippen LogP contribution is 2.21. The first-order chi connectivity index (χ1) is 9.59. The first-order valence-electron chi connectivity index (χ1n) is 7.04. The minimum absolute atomic E-state index is 0.0195. The number of hydrogen-bond acceptors (Lipinski definition) is 3. The zero-order valence-electron chi connectivity index (χ0n) is 13.3. The first kappa shape index (κ1) is 17.7. The zero-order valence-corrected chi connectivity index (χ0v) is 14.1. The monoisotopic (exact) mass is 312 g/mol. The fraction of sp³-hybridized carbons (Fsp3) is 0.533. The molecule has 21 heavy (non-hydrogen) atoms. The molecule has 0 aliphatic carbocycles. The van der Waals surface area contributed by atoms with E-state index in [4.69, 9.17) is 5.14 Å². The van der Waals surface area contributed by atoms with Crippen LogP contribution in [0.3, 0.4) is 0 Å². The number of amides is 1. The molecular weight excluding hydrogens is 288 g/mol. The number of nitrogens with two attached hydrogens (primary N) is 1. The summed E-state index contributed by atoms with van der Waals surface area (Å²) in [5, 5.41) is 5.24. The van der Waals surface area contributed by atoms with E-state index in [0.717, 1.165) is 12.0 Å². The lowest BCUT2D eigenvalue weighted by atomic mass is 10.0. The number of sulfonamides is 1. The Morgan fingerprint density at radius 1 is 1.29 bits per heavy atom. The third-order valence-electron chi connectivity index (χ3n) is 3.52. The molecule has 0 fully saturated rings. The Morgan fingerprint density at radius 2 is 1.86 bits per heavy atom. The average Bonchev–Trinajstić information content (AvgIpc) is 2.36. The van der Waals surface area contributed by atoms with Crippen LogP contribution in [0, 0.1) is 13.8 Å². The molecule has 6 heteroatoms. The summed E-state index contributed by atoms with van der Waals surface area (Å²) in [5.74, 6) is -0.167. The van der Waals surface area contributed by atoms with E-state index >= 15 is 0 Å². The SMILES string of the molecule is CCCN(C(=O)c1cc(C)c(C)c(S(N)(=O)=O)c1)C(C)C. The van der Waals surface area contributed by atoms with Crippen LogP contribution in [0.4, 0.5) is 0 Å². The molecule has 0 saturated heterocycles. The summed E-state index contributed by atoms with van der Waals surface area (Å²) in [5.41, 5.74) is 1.69. The van der Waals surface area contributed by atoms with Gasteiger partial charge in [-0.3, -0.25) is 4.79 Å². The van der Waals surface area contributed by atoms with Gasteiger partial charge >= 0.3 is 0 Å². The van der Waals surface area contributed by atoms with E-state index in [1.54, 1.807) is 24.8 Å². The molecule has 0 aromatic heterocycles. The van der Waals surface area contributed by atoms with Crippen LogP contribution in [0.25, 0.3) is 0 Å². The van der Waals surface area contributed by atoms with E-state index in [2.05, 4.69) is 0 Å². The van der Waals surface area contributed by atoms with E-state index in [-0.39, 0.29) is 16.8 Å². The second-order valence-electron chi connectivity index (χ2n) is 5.55. The lowest BCUT2D eigenvalue weighted by Gasteiger charge is -2.27. The van der Waals surface area contributed by atoms with Crippen molar-refractivity contribution in [2.24, 2.45) is 5.14 Å². The molecule has 0 radical (unpaired) electrons. The Morgan fingerprint density at radius 3 is 2.29 bits per heavy atom. The number of carbonyl (C=O) groups excluding carboxylic acids is 1. The van der Waals surface area contributed by atoms with E-state index < -0.39 is 10.0 Å². The van der Waals surface area contributed by atoms with Gasteiger partial charge in [0.05, 0.1) is 4.90 Å². The topological polar surface area (TPSA) is 80.5 Å². The molecule has 1 aromatic rings. The Balaban J connectivity index is 3.38. The number of nitrogens with zero attached hydrogens (tertiary/aromatic N) is 1. The maximum absolute atomic E-state index is 12.6. The summed E-state index contributed by atoms with van der Waals surface area (Å²) in [4.78, 5) is 14.4. The molecular formula is C15H24N2O3S. The van der Waals surface area contributed by atoms with Crippen LogP contribution < -0.4 is 5.14 Å². The van der Waals surface area contributed by atoms with E-state index in [0.29, 0.717) is 17.7 Å². The van der Waals surface area contributed by atoms with Crippen LogP contribution in [0.1, 0.15) is 48.7 Å². The van der Waals surface area contributed by atoms with Crippen molar-refractivity contribution in [2.45, 2.75) is 52.0 Å². The van der Waals surface area contributed by atoms with Crippen molar-refractivity contribution in [1.82, 2.24) is 4.90 Å². The third-order valence-corrected chi connectivity index (χ3v) is 4.56. The van der Waals surface area contributed by atoms with Crippen LogP contribution in [-0.2, 0) is 10.0 Å². The van der Waals surface area contributed by atoms with Gasteiger partial charge in [0.25, 0.3) is 5.91 Å². The van der Waals surface area contributed by atoms with Crippen molar-refractivity contribution in [3.8, 4) is 0 Å². The van der Waals surface area contributed by atoms with Gasteiger partial charge < -0.3 is 4.90 Å². The standard InChI is InChI=1S/C15H24N2O3S/c1-6-7-17(10(2)3)15(18)13-8-11(4)12(5)14(9-13)21(16,19)20/h8-10H,6-7H2,1-5H3,(H2,16,19,20). The number of benzene rings is 1. The molecule has 0 bridgehead atoms. The normalized spacial score (nSPS) is 11.8. The highest BCUT2D eigenvalue weighted by atomic mass is 32.2. The van der Waals surface area contributed by atoms with Crippen molar-refractivity contribution in [3.63, 3.8) is 0 Å². The molecule has 0 aliphatic rings. The summed E-state index contributed by atoms with van der Waals surface area (Å²) in [6, 6.07) is 3.15. The number of hydrogen-bond donors (Lipinski definition) is 1. The van der Waals surface area contributed by atoms with Gasteiger partial charge in [0.2, 0.25) is 10.0 Å². The van der Waals surface area contributed by atoms with Crippen molar-refractivity contribution in [3.05, 3.63) is 28.8 Å². The van der Waals surface area contributed by atoms with Gasteiger partial charge in [0, 0.05) is 18.2 Å². The third kappa shape index (κ3) is 4.04. The highest BCUT2D eigenvalue weighted by Gasteiger charge is 2.22. The van der Waals surface area contributed by atoms with E-state index in [1.807, 2.05) is 20.8 Å². The summed E-state index contributed by atoms with van der Waals surface area (Å²) in [7, 11) is -3.84. The second kappa shape index (κ2) is 6.58. The maximum atomic E-state index is 12.6. The van der Waals surface area contributed by atoms with Crippen LogP contribution >= 0.6 is 0 Å². The Labute approximate surface area is 127 Å². The van der Waals surface area contributed by atoms with Gasteiger partial charge in [0.1, 0.15) is 0 Å². The average molecular weight is 312 g/mol. The number of rotatable bonds is 5. The Hall–Kier alpha value is -1.40. The smallest absolute Gasteiger partial charge is 0.254 e. The number of aryl methyl sites for hydroxylation is 1. The van der Waals surface area contributed by atoms with Gasteiger partial charge in [-0.1, -0.05) is 6.92 Å². The molecule has 5 nitrogen and oxygen atoms in total. The van der Waals surface area contributed by atoms with E-state index in [1.165, 1.54) is 6.07 Å². The van der Waals surface area contributed by atoms with Crippen LogP contribution in [0.2, 0.25) is 0 Å². The Kier molecular flexibility index (Phi) is 5.53. The summed E-state index contributed by atoms with van der Waals surface area (Å²) in [6.45, 7) is 9.98. The van der Waals surface area contributed by atoms with Gasteiger partial charge in [-0.15, -0.1) is 0 Å². The van der Waals surface area contributed by atoms with Gasteiger partial charge in [-0.25, -0.2) is 13.6 Å². The molecule has 0 saturated carbocycles. The van der Waals surface area contributed by atoms with Crippen LogP contribution in [-0.4, -0.2) is 31.8 Å². The molecule has 118 valence electrons. The van der Waals surface area contributed by atoms with Crippen molar-refractivity contribution >= 4 is 15.9 Å². The quantitative estimate of drug-likeness (QED) is 0.905. The number of carbonyl (C=O) groups is 1. The van der Waals surface area contributed by atoms with E-state index in [9.17, 15) is 13.2 Å². The second-order valence-corrected chi connectivity index (χ2v) is 7.08. The molecule has 0 heterocycles. The van der Waals surface area contributed by atoms with Gasteiger partial charge in [-0.2, -0.15) is 0 Å². The largest absolute Gasteiger partial charge is 0.336 e. The van der Waals surface area contributed by atoms with Crippen molar-refractivity contribution in [1.29, 1.82) is 0 Å². The fourth-order valence-electron chi connectivity index (χ4n) is 2.25. The molecule has 0 unspecified atom stereocenters. The highest BCUT2D eigenvalue weighted by molar-refractivity contribution is 7.89. The zero-order chi connectivity index (χ0) is 16.4. The summed E-state index contributed by atoms with van der Waals surface area (Å²) >= 11 is 0. The fourth-order valence-corrected chi connectivity index (χ4v) is 3.13. The van der Waals surface area contributed by atoms with Crippen molar-refractivity contribution < 1.29 is 13.2 Å². The molecule has 1 amide bonds. The minimum Gasteiger partial charge on any atom is -0.336 e. The predicted molar refractivity (Wildman–Crippen MR) is 83.8 cm³/mol. The Bertz CT molecular complexity index is 637. The minimum atomic E-state index is -3.84.